The Hall–Kier alpha value is -1.30. The minimum absolute atomic E-state index is 0.177. The number of amides is 1. The molecule has 1 aromatic rings. The molecule has 0 aliphatic heterocycles. The Labute approximate surface area is 111 Å². The second kappa shape index (κ2) is 5.14. The summed E-state index contributed by atoms with van der Waals surface area (Å²) in [4.78, 5) is 11.7. The van der Waals surface area contributed by atoms with Gasteiger partial charge < -0.3 is 16.4 Å². The molecule has 6 heteroatoms. The van der Waals surface area contributed by atoms with Gasteiger partial charge in [0.1, 0.15) is 10.6 Å². The summed E-state index contributed by atoms with van der Waals surface area (Å²) in [5, 5.41) is 6.73. The summed E-state index contributed by atoms with van der Waals surface area (Å²) in [5.74, 6) is 0.131. The van der Waals surface area contributed by atoms with E-state index in [2.05, 4.69) is 21.9 Å². The fourth-order valence-corrected chi connectivity index (χ4v) is 2.96. The van der Waals surface area contributed by atoms with Crippen LogP contribution in [0.3, 0.4) is 0 Å². The van der Waals surface area contributed by atoms with E-state index in [-0.39, 0.29) is 5.91 Å². The molecule has 0 radical (unpaired) electrons. The van der Waals surface area contributed by atoms with Crippen LogP contribution in [-0.2, 0) is 0 Å². The lowest BCUT2D eigenvalue weighted by molar-refractivity contribution is 0.0965. The summed E-state index contributed by atoms with van der Waals surface area (Å²) in [6.07, 6.45) is 4.99. The largest absolute Gasteiger partial charge is 0.382 e. The summed E-state index contributed by atoms with van der Waals surface area (Å²) in [6.45, 7) is 3.12. The molecule has 4 N–H and O–H groups in total. The molecule has 1 aliphatic carbocycles. The van der Waals surface area contributed by atoms with Gasteiger partial charge in [-0.15, -0.1) is 0 Å². The van der Waals surface area contributed by atoms with Crippen molar-refractivity contribution < 1.29 is 4.79 Å². The number of aromatic nitrogens is 1. The monoisotopic (exact) mass is 268 g/mol. The number of hydrogen-bond donors (Lipinski definition) is 3. The maximum atomic E-state index is 11.7. The molecule has 0 bridgehead atoms. The predicted molar refractivity (Wildman–Crippen MR) is 75.0 cm³/mol. The normalized spacial score (nSPS) is 16.3. The van der Waals surface area contributed by atoms with Crippen LogP contribution in [0.5, 0.6) is 0 Å². The van der Waals surface area contributed by atoms with Gasteiger partial charge in [-0.3, -0.25) is 4.79 Å². The first kappa shape index (κ1) is 13.1. The van der Waals surface area contributed by atoms with Crippen molar-refractivity contribution >= 4 is 28.3 Å². The Morgan fingerprint density at radius 1 is 1.56 bits per heavy atom. The highest BCUT2D eigenvalue weighted by Gasteiger charge is 2.41. The summed E-state index contributed by atoms with van der Waals surface area (Å²) >= 11 is 1.26. The van der Waals surface area contributed by atoms with E-state index in [9.17, 15) is 4.79 Å². The topological polar surface area (TPSA) is 80.0 Å². The fourth-order valence-electron chi connectivity index (χ4n) is 2.26. The molecule has 1 aliphatic rings. The molecule has 1 aromatic heterocycles. The van der Waals surface area contributed by atoms with Gasteiger partial charge in [-0.05, 0) is 36.2 Å². The summed E-state index contributed by atoms with van der Waals surface area (Å²) in [7, 11) is 1.60. The van der Waals surface area contributed by atoms with E-state index in [1.165, 1.54) is 37.2 Å². The molecular weight excluding hydrogens is 248 g/mol. The van der Waals surface area contributed by atoms with Crippen LogP contribution in [0.15, 0.2) is 0 Å². The molecule has 100 valence electrons. The number of carbonyl (C=O) groups is 1. The molecule has 18 heavy (non-hydrogen) atoms. The van der Waals surface area contributed by atoms with Crippen LogP contribution in [0.1, 0.15) is 43.0 Å². The van der Waals surface area contributed by atoms with Gasteiger partial charge in [0.25, 0.3) is 5.91 Å². The number of anilines is 2. The third-order valence-corrected chi connectivity index (χ3v) is 4.35. The standard InChI is InChI=1S/C12H20N4OS/c1-3-4-12(5-6-12)7-15-11-8(10(17)14-2)9(13)16-18-11/h15H,3-7H2,1-2H3,(H2,13,16)(H,14,17). The van der Waals surface area contributed by atoms with E-state index in [4.69, 9.17) is 5.73 Å². The van der Waals surface area contributed by atoms with Crippen LogP contribution in [0.2, 0.25) is 0 Å². The maximum Gasteiger partial charge on any atom is 0.257 e. The van der Waals surface area contributed by atoms with Crippen LogP contribution in [-0.4, -0.2) is 23.9 Å². The van der Waals surface area contributed by atoms with Gasteiger partial charge in [-0.2, -0.15) is 4.37 Å². The Morgan fingerprint density at radius 3 is 2.83 bits per heavy atom. The highest BCUT2D eigenvalue weighted by molar-refractivity contribution is 7.11. The average molecular weight is 268 g/mol. The molecule has 0 spiro atoms. The molecule has 1 heterocycles. The number of nitrogens with zero attached hydrogens (tertiary/aromatic N) is 1. The van der Waals surface area contributed by atoms with Crippen molar-refractivity contribution in [3.63, 3.8) is 0 Å². The Kier molecular flexibility index (Phi) is 3.75. The molecule has 0 atom stereocenters. The lowest BCUT2D eigenvalue weighted by atomic mass is 10.0. The zero-order valence-corrected chi connectivity index (χ0v) is 11.7. The van der Waals surface area contributed by atoms with Crippen molar-refractivity contribution in [2.45, 2.75) is 32.6 Å². The molecule has 1 fully saturated rings. The lowest BCUT2D eigenvalue weighted by Crippen LogP contribution is -2.21. The summed E-state index contributed by atoms with van der Waals surface area (Å²) in [6, 6.07) is 0. The van der Waals surface area contributed by atoms with Gasteiger partial charge in [0.2, 0.25) is 0 Å². The van der Waals surface area contributed by atoms with E-state index >= 15 is 0 Å². The number of hydrogen-bond acceptors (Lipinski definition) is 5. The third kappa shape index (κ3) is 2.58. The Morgan fingerprint density at radius 2 is 2.28 bits per heavy atom. The Balaban J connectivity index is 2.04. The summed E-state index contributed by atoms with van der Waals surface area (Å²) in [5.41, 5.74) is 6.65. The van der Waals surface area contributed by atoms with Crippen molar-refractivity contribution in [2.75, 3.05) is 24.6 Å². The first-order valence-electron chi connectivity index (χ1n) is 6.33. The van der Waals surface area contributed by atoms with Crippen molar-refractivity contribution in [1.29, 1.82) is 0 Å². The minimum Gasteiger partial charge on any atom is -0.382 e. The van der Waals surface area contributed by atoms with Crippen LogP contribution < -0.4 is 16.4 Å². The van der Waals surface area contributed by atoms with Crippen molar-refractivity contribution in [3.8, 4) is 0 Å². The molecule has 5 nitrogen and oxygen atoms in total. The van der Waals surface area contributed by atoms with Gasteiger partial charge in [0, 0.05) is 13.6 Å². The first-order valence-corrected chi connectivity index (χ1v) is 7.10. The Bertz CT molecular complexity index is 439. The van der Waals surface area contributed by atoms with Crippen molar-refractivity contribution in [1.82, 2.24) is 9.69 Å². The van der Waals surface area contributed by atoms with E-state index < -0.39 is 0 Å². The van der Waals surface area contributed by atoms with Gasteiger partial charge >= 0.3 is 0 Å². The molecule has 1 saturated carbocycles. The number of carbonyl (C=O) groups excluding carboxylic acids is 1. The minimum atomic E-state index is -0.177. The molecule has 0 saturated heterocycles. The van der Waals surface area contributed by atoms with Gasteiger partial charge in [-0.1, -0.05) is 13.3 Å². The number of nitrogens with two attached hydrogens (primary N) is 1. The number of nitrogens with one attached hydrogen (secondary N) is 2. The van der Waals surface area contributed by atoms with Crippen molar-refractivity contribution in [3.05, 3.63) is 5.56 Å². The lowest BCUT2D eigenvalue weighted by Gasteiger charge is -2.15. The first-order chi connectivity index (χ1) is 8.62. The second-order valence-corrected chi connectivity index (χ2v) is 5.73. The fraction of sp³-hybridized carbons (Fsp3) is 0.667. The zero-order chi connectivity index (χ0) is 13.2. The molecule has 2 rings (SSSR count). The average Bonchev–Trinajstić information content (AvgIpc) is 3.03. The second-order valence-electron chi connectivity index (χ2n) is 4.95. The number of rotatable bonds is 6. The maximum absolute atomic E-state index is 11.7. The van der Waals surface area contributed by atoms with Crippen molar-refractivity contribution in [2.24, 2.45) is 5.41 Å². The smallest absolute Gasteiger partial charge is 0.257 e. The zero-order valence-electron chi connectivity index (χ0n) is 10.9. The molecule has 1 amide bonds. The highest BCUT2D eigenvalue weighted by atomic mass is 32.1. The van der Waals surface area contributed by atoms with Gasteiger partial charge in [0.05, 0.1) is 0 Å². The SMILES string of the molecule is CCCC1(CNc2snc(N)c2C(=O)NC)CC1. The van der Waals surface area contributed by atoms with E-state index in [1.807, 2.05) is 0 Å². The van der Waals surface area contributed by atoms with Crippen LogP contribution in [0.25, 0.3) is 0 Å². The summed E-state index contributed by atoms with van der Waals surface area (Å²) < 4.78 is 4.05. The van der Waals surface area contributed by atoms with Gasteiger partial charge in [0.15, 0.2) is 5.82 Å². The highest BCUT2D eigenvalue weighted by Crippen LogP contribution is 2.49. The quantitative estimate of drug-likeness (QED) is 0.738. The third-order valence-electron chi connectivity index (χ3n) is 3.53. The van der Waals surface area contributed by atoms with E-state index in [0.29, 0.717) is 16.8 Å². The number of nitrogen functional groups attached to an aromatic ring is 1. The van der Waals surface area contributed by atoms with E-state index in [1.54, 1.807) is 7.05 Å². The van der Waals surface area contributed by atoms with Crippen LogP contribution >= 0.6 is 11.5 Å². The predicted octanol–water partition coefficient (Wildman–Crippen LogP) is 2.08. The van der Waals surface area contributed by atoms with Crippen LogP contribution in [0, 0.1) is 5.41 Å². The molecule has 0 aromatic carbocycles. The van der Waals surface area contributed by atoms with E-state index in [0.717, 1.165) is 11.5 Å². The van der Waals surface area contributed by atoms with Gasteiger partial charge in [-0.25, -0.2) is 0 Å². The molecule has 0 unspecified atom stereocenters. The molecular formula is C12H20N4OS. The van der Waals surface area contributed by atoms with Crippen LogP contribution in [0.4, 0.5) is 10.8 Å².